The topological polar surface area (TPSA) is 37.8 Å². The van der Waals surface area contributed by atoms with E-state index in [-0.39, 0.29) is 5.41 Å². The van der Waals surface area contributed by atoms with Gasteiger partial charge in [0.05, 0.1) is 14.4 Å². The number of hydrogen-bond donors (Lipinski definition) is 1. The molecule has 0 bridgehead atoms. The van der Waals surface area contributed by atoms with Gasteiger partial charge in [0.1, 0.15) is 5.82 Å². The molecule has 1 saturated carbocycles. The van der Waals surface area contributed by atoms with Crippen LogP contribution in [0.15, 0.2) is 22.0 Å². The van der Waals surface area contributed by atoms with Gasteiger partial charge in [-0.25, -0.2) is 9.97 Å². The monoisotopic (exact) mass is 337 g/mol. The summed E-state index contributed by atoms with van der Waals surface area (Å²) in [6, 6.07) is 6.24. The zero-order chi connectivity index (χ0) is 13.5. The molecule has 19 heavy (non-hydrogen) atoms. The molecule has 0 spiro atoms. The normalized spacial score (nSPS) is 16.6. The molecular formula is C14H16BrN3S. The van der Waals surface area contributed by atoms with Crippen molar-refractivity contribution in [2.24, 2.45) is 0 Å². The lowest BCUT2D eigenvalue weighted by Crippen LogP contribution is -2.26. The van der Waals surface area contributed by atoms with Crippen molar-refractivity contribution in [1.82, 2.24) is 15.3 Å². The number of halogens is 1. The molecule has 0 saturated heterocycles. The molecule has 1 aliphatic carbocycles. The largest absolute Gasteiger partial charge is 0.319 e. The molecule has 2 heterocycles. The van der Waals surface area contributed by atoms with Gasteiger partial charge in [-0.3, -0.25) is 0 Å². The summed E-state index contributed by atoms with van der Waals surface area (Å²) in [5.74, 6) is 1.00. The molecule has 1 N–H and O–H groups in total. The van der Waals surface area contributed by atoms with E-state index in [0.717, 1.165) is 27.5 Å². The fraction of sp³-hybridized carbons (Fsp3) is 0.429. The van der Waals surface area contributed by atoms with E-state index in [9.17, 15) is 0 Å². The molecule has 0 unspecified atom stereocenters. The lowest BCUT2D eigenvalue weighted by Gasteiger charge is -2.14. The third-order valence-corrected chi connectivity index (χ3v) is 5.17. The highest BCUT2D eigenvalue weighted by Crippen LogP contribution is 2.46. The van der Waals surface area contributed by atoms with E-state index < -0.39 is 0 Å². The second kappa shape index (κ2) is 4.96. The van der Waals surface area contributed by atoms with Crippen molar-refractivity contribution < 1.29 is 0 Å². The van der Waals surface area contributed by atoms with Gasteiger partial charge in [-0.05, 0) is 60.9 Å². The highest BCUT2D eigenvalue weighted by atomic mass is 79.9. The first-order valence-corrected chi connectivity index (χ1v) is 8.00. The van der Waals surface area contributed by atoms with Crippen LogP contribution in [0.25, 0.3) is 10.6 Å². The maximum Gasteiger partial charge on any atom is 0.136 e. The molecule has 5 heteroatoms. The number of likely N-dealkylation sites (N-methyl/N-ethyl adjacent to an activating group) is 1. The number of rotatable bonds is 4. The van der Waals surface area contributed by atoms with Crippen molar-refractivity contribution in [3.63, 3.8) is 0 Å². The lowest BCUT2D eigenvalue weighted by atomic mass is 10.1. The molecule has 1 aliphatic rings. The summed E-state index contributed by atoms with van der Waals surface area (Å²) in [6.07, 6.45) is 2.37. The molecule has 3 rings (SSSR count). The summed E-state index contributed by atoms with van der Waals surface area (Å²) in [5.41, 5.74) is 2.26. The standard InChI is InChI=1S/C14H16BrN3S/c1-9-7-10(11-3-4-12(15)19-11)18-13(17-9)14(5-6-14)8-16-2/h3-4,7,16H,5-6,8H2,1-2H3. The van der Waals surface area contributed by atoms with Crippen molar-refractivity contribution >= 4 is 27.3 Å². The van der Waals surface area contributed by atoms with E-state index in [1.807, 2.05) is 14.0 Å². The third kappa shape index (κ3) is 2.59. The summed E-state index contributed by atoms with van der Waals surface area (Å²) < 4.78 is 1.14. The molecule has 0 aliphatic heterocycles. The Kier molecular flexibility index (Phi) is 3.45. The summed E-state index contributed by atoms with van der Waals surface area (Å²) in [4.78, 5) is 10.7. The average Bonchev–Trinajstić information content (AvgIpc) is 3.03. The third-order valence-electron chi connectivity index (χ3n) is 3.52. The van der Waals surface area contributed by atoms with E-state index in [1.165, 1.54) is 17.7 Å². The smallest absolute Gasteiger partial charge is 0.136 e. The van der Waals surface area contributed by atoms with Crippen LogP contribution in [0.3, 0.4) is 0 Å². The van der Waals surface area contributed by atoms with E-state index in [2.05, 4.69) is 44.4 Å². The SMILES string of the molecule is CNCC1(c2nc(C)cc(-c3ccc(Br)s3)n2)CC1. The number of aromatic nitrogens is 2. The fourth-order valence-corrected chi connectivity index (χ4v) is 3.70. The van der Waals surface area contributed by atoms with Crippen LogP contribution in [-0.4, -0.2) is 23.6 Å². The number of thiophene rings is 1. The van der Waals surface area contributed by atoms with Gasteiger partial charge in [0, 0.05) is 17.7 Å². The number of nitrogens with one attached hydrogen (secondary N) is 1. The minimum Gasteiger partial charge on any atom is -0.319 e. The van der Waals surface area contributed by atoms with Crippen LogP contribution in [0.2, 0.25) is 0 Å². The second-order valence-corrected chi connectivity index (χ2v) is 7.60. The Labute approximate surface area is 125 Å². The minimum absolute atomic E-state index is 0.171. The Morgan fingerprint density at radius 3 is 2.74 bits per heavy atom. The zero-order valence-electron chi connectivity index (χ0n) is 11.0. The van der Waals surface area contributed by atoms with E-state index in [0.29, 0.717) is 0 Å². The highest BCUT2D eigenvalue weighted by Gasteiger charge is 2.46. The average molecular weight is 338 g/mol. The summed E-state index contributed by atoms with van der Waals surface area (Å²) in [5, 5.41) is 3.27. The fourth-order valence-electron chi connectivity index (χ4n) is 2.35. The molecule has 0 aromatic carbocycles. The molecule has 2 aromatic heterocycles. The van der Waals surface area contributed by atoms with Crippen molar-refractivity contribution in [2.45, 2.75) is 25.2 Å². The van der Waals surface area contributed by atoms with Gasteiger partial charge < -0.3 is 5.32 Å². The quantitative estimate of drug-likeness (QED) is 0.927. The van der Waals surface area contributed by atoms with Crippen molar-refractivity contribution in [2.75, 3.05) is 13.6 Å². The van der Waals surface area contributed by atoms with Crippen molar-refractivity contribution in [3.8, 4) is 10.6 Å². The van der Waals surface area contributed by atoms with Crippen LogP contribution >= 0.6 is 27.3 Å². The molecule has 1 fully saturated rings. The van der Waals surface area contributed by atoms with Crippen LogP contribution in [0, 0.1) is 6.92 Å². The number of hydrogen-bond acceptors (Lipinski definition) is 4. The van der Waals surface area contributed by atoms with Gasteiger partial charge in [0.15, 0.2) is 0 Å². The van der Waals surface area contributed by atoms with Crippen LogP contribution in [-0.2, 0) is 5.41 Å². The Bertz CT molecular complexity index is 604. The zero-order valence-corrected chi connectivity index (χ0v) is 13.4. The van der Waals surface area contributed by atoms with E-state index in [4.69, 9.17) is 4.98 Å². The van der Waals surface area contributed by atoms with Gasteiger partial charge in [-0.15, -0.1) is 11.3 Å². The van der Waals surface area contributed by atoms with Crippen LogP contribution in [0.1, 0.15) is 24.4 Å². The molecule has 100 valence electrons. The molecule has 0 atom stereocenters. The first-order chi connectivity index (χ1) is 9.13. The van der Waals surface area contributed by atoms with Crippen molar-refractivity contribution in [1.29, 1.82) is 0 Å². The predicted molar refractivity (Wildman–Crippen MR) is 82.6 cm³/mol. The van der Waals surface area contributed by atoms with E-state index >= 15 is 0 Å². The van der Waals surface area contributed by atoms with Crippen molar-refractivity contribution in [3.05, 3.63) is 33.5 Å². The lowest BCUT2D eigenvalue weighted by molar-refractivity contribution is 0.586. The number of aryl methyl sites for hydroxylation is 1. The maximum absolute atomic E-state index is 4.81. The molecule has 0 radical (unpaired) electrons. The predicted octanol–water partition coefficient (Wildman–Crippen LogP) is 3.53. The molecule has 0 amide bonds. The summed E-state index contributed by atoms with van der Waals surface area (Å²) in [6.45, 7) is 3.01. The first kappa shape index (κ1) is 13.2. The van der Waals surface area contributed by atoms with E-state index in [1.54, 1.807) is 11.3 Å². The van der Waals surface area contributed by atoms with Gasteiger partial charge in [-0.2, -0.15) is 0 Å². The van der Waals surface area contributed by atoms with Gasteiger partial charge in [-0.1, -0.05) is 0 Å². The van der Waals surface area contributed by atoms with Gasteiger partial charge >= 0.3 is 0 Å². The van der Waals surface area contributed by atoms with Crippen LogP contribution in [0.5, 0.6) is 0 Å². The molecular weight excluding hydrogens is 322 g/mol. The highest BCUT2D eigenvalue weighted by molar-refractivity contribution is 9.11. The Morgan fingerprint density at radius 1 is 1.37 bits per heavy atom. The minimum atomic E-state index is 0.171. The van der Waals surface area contributed by atoms with Crippen LogP contribution in [0.4, 0.5) is 0 Å². The van der Waals surface area contributed by atoms with Gasteiger partial charge in [0.2, 0.25) is 0 Å². The molecule has 3 nitrogen and oxygen atoms in total. The Balaban J connectivity index is 2.01. The Hall–Kier alpha value is -0.780. The van der Waals surface area contributed by atoms with Gasteiger partial charge in [0.25, 0.3) is 0 Å². The summed E-state index contributed by atoms with van der Waals surface area (Å²) in [7, 11) is 1.99. The Morgan fingerprint density at radius 2 is 2.16 bits per heavy atom. The first-order valence-electron chi connectivity index (χ1n) is 6.39. The maximum atomic E-state index is 4.81. The summed E-state index contributed by atoms with van der Waals surface area (Å²) >= 11 is 5.22. The second-order valence-electron chi connectivity index (χ2n) is 5.13. The van der Waals surface area contributed by atoms with Crippen LogP contribution < -0.4 is 5.32 Å². The molecule has 2 aromatic rings. The number of nitrogens with zero attached hydrogens (tertiary/aromatic N) is 2.